The summed E-state index contributed by atoms with van der Waals surface area (Å²) in [5, 5.41) is 11.8. The Morgan fingerprint density at radius 2 is 2.37 bits per heavy atom. The first-order valence-electron chi connectivity index (χ1n) is 6.33. The highest BCUT2D eigenvalue weighted by Crippen LogP contribution is 2.17. The number of nitrogens with one attached hydrogen (secondary N) is 1. The quantitative estimate of drug-likeness (QED) is 0.816. The molecule has 1 aromatic heterocycles. The van der Waals surface area contributed by atoms with Crippen LogP contribution in [0.1, 0.15) is 18.7 Å². The van der Waals surface area contributed by atoms with Crippen LogP contribution in [0, 0.1) is 0 Å². The van der Waals surface area contributed by atoms with Crippen LogP contribution >= 0.6 is 0 Å². The number of hydrogen-bond acceptors (Lipinski definition) is 3. The van der Waals surface area contributed by atoms with Crippen molar-refractivity contribution >= 4 is 12.0 Å². The molecule has 2 heterocycles. The number of aromatic nitrogens is 2. The third-order valence-corrected chi connectivity index (χ3v) is 3.34. The van der Waals surface area contributed by atoms with Crippen LogP contribution in [0.15, 0.2) is 12.4 Å². The van der Waals surface area contributed by atoms with Crippen molar-refractivity contribution in [3.05, 3.63) is 18.2 Å². The van der Waals surface area contributed by atoms with E-state index in [1.165, 1.54) is 4.90 Å². The van der Waals surface area contributed by atoms with Crippen molar-refractivity contribution in [2.45, 2.75) is 25.3 Å². The lowest BCUT2D eigenvalue weighted by molar-refractivity contribution is -0.141. The minimum atomic E-state index is -0.934. The molecule has 0 bridgehead atoms. The van der Waals surface area contributed by atoms with Gasteiger partial charge in [0.25, 0.3) is 0 Å². The number of nitrogens with zero attached hydrogens (tertiary/aromatic N) is 3. The summed E-state index contributed by atoms with van der Waals surface area (Å²) in [6.45, 7) is 0.956. The summed E-state index contributed by atoms with van der Waals surface area (Å²) in [4.78, 5) is 28.4. The summed E-state index contributed by atoms with van der Waals surface area (Å²) in [7, 11) is 1.89. The normalized spacial score (nSPS) is 18.6. The standard InChI is InChI=1S/C12H18N4O3/c1-15-8-6-13-10(15)4-5-14-12(19)16-7-2-3-9(16)11(17)18/h6,8-9H,2-5,7H2,1H3,(H,14,19)(H,17,18)/t9-/m0/s1. The number of rotatable bonds is 4. The number of carbonyl (C=O) groups is 2. The molecule has 0 spiro atoms. The Morgan fingerprint density at radius 3 is 3.00 bits per heavy atom. The van der Waals surface area contributed by atoms with Gasteiger partial charge in [0.05, 0.1) is 0 Å². The fourth-order valence-electron chi connectivity index (χ4n) is 2.29. The summed E-state index contributed by atoms with van der Waals surface area (Å²) < 4.78 is 1.89. The zero-order valence-corrected chi connectivity index (χ0v) is 10.9. The van der Waals surface area contributed by atoms with Gasteiger partial charge >= 0.3 is 12.0 Å². The van der Waals surface area contributed by atoms with E-state index < -0.39 is 12.0 Å². The van der Waals surface area contributed by atoms with Gasteiger partial charge in [0.2, 0.25) is 0 Å². The molecule has 0 aliphatic carbocycles. The topological polar surface area (TPSA) is 87.5 Å². The molecule has 0 unspecified atom stereocenters. The molecule has 1 aliphatic heterocycles. The van der Waals surface area contributed by atoms with Gasteiger partial charge in [-0.2, -0.15) is 0 Å². The Balaban J connectivity index is 1.81. The number of likely N-dealkylation sites (tertiary alicyclic amines) is 1. The van der Waals surface area contributed by atoms with E-state index in [4.69, 9.17) is 5.11 Å². The maximum absolute atomic E-state index is 11.9. The second-order valence-corrected chi connectivity index (χ2v) is 4.63. The number of carbonyl (C=O) groups excluding carboxylic acids is 1. The number of carboxylic acid groups (broad SMARTS) is 1. The van der Waals surface area contributed by atoms with E-state index in [1.54, 1.807) is 6.20 Å². The van der Waals surface area contributed by atoms with Crippen LogP contribution < -0.4 is 5.32 Å². The Bertz CT molecular complexity index is 471. The third kappa shape index (κ3) is 3.04. The van der Waals surface area contributed by atoms with E-state index in [0.29, 0.717) is 25.9 Å². The van der Waals surface area contributed by atoms with Gasteiger partial charge < -0.3 is 19.9 Å². The van der Waals surface area contributed by atoms with Crippen molar-refractivity contribution < 1.29 is 14.7 Å². The molecule has 1 aliphatic rings. The monoisotopic (exact) mass is 266 g/mol. The second-order valence-electron chi connectivity index (χ2n) is 4.63. The predicted molar refractivity (Wildman–Crippen MR) is 67.7 cm³/mol. The van der Waals surface area contributed by atoms with Crippen LogP contribution in [-0.4, -0.2) is 50.7 Å². The third-order valence-electron chi connectivity index (χ3n) is 3.34. The van der Waals surface area contributed by atoms with Crippen LogP contribution in [0.4, 0.5) is 4.79 Å². The molecule has 7 nitrogen and oxygen atoms in total. The molecule has 104 valence electrons. The average Bonchev–Trinajstić information content (AvgIpc) is 2.98. The first-order chi connectivity index (χ1) is 9.09. The summed E-state index contributed by atoms with van der Waals surface area (Å²) in [6, 6.07) is -0.993. The Hall–Kier alpha value is -2.05. The number of carboxylic acids is 1. The minimum absolute atomic E-state index is 0.306. The van der Waals surface area contributed by atoms with E-state index in [2.05, 4.69) is 10.3 Å². The summed E-state index contributed by atoms with van der Waals surface area (Å²) >= 11 is 0. The first-order valence-corrected chi connectivity index (χ1v) is 6.33. The van der Waals surface area contributed by atoms with Crippen molar-refractivity contribution in [1.29, 1.82) is 0 Å². The minimum Gasteiger partial charge on any atom is -0.480 e. The summed E-state index contributed by atoms with van der Waals surface area (Å²) in [6.07, 6.45) is 5.45. The zero-order chi connectivity index (χ0) is 13.8. The van der Waals surface area contributed by atoms with Crippen molar-refractivity contribution in [2.24, 2.45) is 7.05 Å². The molecule has 1 atom stereocenters. The van der Waals surface area contributed by atoms with E-state index in [-0.39, 0.29) is 6.03 Å². The molecule has 19 heavy (non-hydrogen) atoms. The molecule has 7 heteroatoms. The van der Waals surface area contributed by atoms with Gasteiger partial charge in [-0.15, -0.1) is 0 Å². The summed E-state index contributed by atoms with van der Waals surface area (Å²) in [5.41, 5.74) is 0. The highest BCUT2D eigenvalue weighted by Gasteiger charge is 2.33. The Labute approximate surface area is 111 Å². The molecule has 1 saturated heterocycles. The smallest absolute Gasteiger partial charge is 0.326 e. The first kappa shape index (κ1) is 13.4. The highest BCUT2D eigenvalue weighted by molar-refractivity contribution is 5.83. The van der Waals surface area contributed by atoms with Gasteiger partial charge in [0, 0.05) is 39.0 Å². The number of urea groups is 1. The fourth-order valence-corrected chi connectivity index (χ4v) is 2.29. The number of hydrogen-bond donors (Lipinski definition) is 2. The average molecular weight is 266 g/mol. The van der Waals surface area contributed by atoms with E-state index >= 15 is 0 Å². The Kier molecular flexibility index (Phi) is 4.03. The maximum Gasteiger partial charge on any atom is 0.326 e. The molecule has 0 radical (unpaired) electrons. The molecule has 2 amide bonds. The molecule has 0 aromatic carbocycles. The largest absolute Gasteiger partial charge is 0.480 e. The second kappa shape index (κ2) is 5.73. The van der Waals surface area contributed by atoms with Crippen LogP contribution in [0.25, 0.3) is 0 Å². The van der Waals surface area contributed by atoms with Gasteiger partial charge in [0.1, 0.15) is 11.9 Å². The van der Waals surface area contributed by atoms with Gasteiger partial charge in [-0.25, -0.2) is 14.6 Å². The Morgan fingerprint density at radius 1 is 1.58 bits per heavy atom. The summed E-state index contributed by atoms with van der Waals surface area (Å²) in [5.74, 6) is -0.0479. The molecule has 0 saturated carbocycles. The molecular weight excluding hydrogens is 248 g/mol. The lowest BCUT2D eigenvalue weighted by atomic mass is 10.2. The molecule has 2 N–H and O–H groups in total. The lowest BCUT2D eigenvalue weighted by Gasteiger charge is -2.21. The maximum atomic E-state index is 11.9. The van der Waals surface area contributed by atoms with Crippen molar-refractivity contribution in [3.63, 3.8) is 0 Å². The van der Waals surface area contributed by atoms with Gasteiger partial charge in [-0.1, -0.05) is 0 Å². The predicted octanol–water partition coefficient (Wildman–Crippen LogP) is 0.221. The number of aliphatic carboxylic acids is 1. The SMILES string of the molecule is Cn1ccnc1CCNC(=O)N1CCC[C@H]1C(=O)O. The van der Waals surface area contributed by atoms with E-state index in [1.807, 2.05) is 17.8 Å². The molecule has 1 aromatic rings. The number of aryl methyl sites for hydroxylation is 1. The van der Waals surface area contributed by atoms with Gasteiger partial charge in [-0.05, 0) is 12.8 Å². The van der Waals surface area contributed by atoms with E-state index in [9.17, 15) is 9.59 Å². The van der Waals surface area contributed by atoms with Crippen LogP contribution in [0.2, 0.25) is 0 Å². The van der Waals surface area contributed by atoms with Crippen molar-refractivity contribution in [3.8, 4) is 0 Å². The lowest BCUT2D eigenvalue weighted by Crippen LogP contribution is -2.46. The highest BCUT2D eigenvalue weighted by atomic mass is 16.4. The molecular formula is C12H18N4O3. The van der Waals surface area contributed by atoms with Gasteiger partial charge in [-0.3, -0.25) is 0 Å². The number of imidazole rings is 1. The van der Waals surface area contributed by atoms with Crippen molar-refractivity contribution in [1.82, 2.24) is 19.8 Å². The van der Waals surface area contributed by atoms with Crippen LogP contribution in [0.5, 0.6) is 0 Å². The number of amides is 2. The molecule has 1 fully saturated rings. The fraction of sp³-hybridized carbons (Fsp3) is 0.583. The molecule has 2 rings (SSSR count). The van der Waals surface area contributed by atoms with Crippen LogP contribution in [0.3, 0.4) is 0 Å². The van der Waals surface area contributed by atoms with Crippen molar-refractivity contribution in [2.75, 3.05) is 13.1 Å². The van der Waals surface area contributed by atoms with E-state index in [0.717, 1.165) is 12.2 Å². The zero-order valence-electron chi connectivity index (χ0n) is 10.9. The van der Waals surface area contributed by atoms with Crippen LogP contribution in [-0.2, 0) is 18.3 Å². The van der Waals surface area contributed by atoms with Gasteiger partial charge in [0.15, 0.2) is 0 Å².